The van der Waals surface area contributed by atoms with Gasteiger partial charge in [0.15, 0.2) is 6.61 Å². The molecule has 26 heavy (non-hydrogen) atoms. The summed E-state index contributed by atoms with van der Waals surface area (Å²) in [6.45, 7) is 1.71. The highest BCUT2D eigenvalue weighted by atomic mass is 32.2. The van der Waals surface area contributed by atoms with Crippen LogP contribution >= 0.6 is 0 Å². The lowest BCUT2D eigenvalue weighted by Gasteiger charge is -2.11. The van der Waals surface area contributed by atoms with Crippen molar-refractivity contribution in [2.24, 2.45) is 5.14 Å². The van der Waals surface area contributed by atoms with Crippen molar-refractivity contribution >= 4 is 27.6 Å². The number of esters is 1. The van der Waals surface area contributed by atoms with Gasteiger partial charge in [0.1, 0.15) is 5.75 Å². The van der Waals surface area contributed by atoms with Crippen molar-refractivity contribution in [2.75, 3.05) is 18.5 Å². The van der Waals surface area contributed by atoms with Crippen LogP contribution in [0.4, 0.5) is 5.69 Å². The molecular formula is C17H18N2O6S. The van der Waals surface area contributed by atoms with Gasteiger partial charge in [-0.15, -0.1) is 0 Å². The van der Waals surface area contributed by atoms with Gasteiger partial charge in [0.25, 0.3) is 5.91 Å². The Kier molecular flexibility index (Phi) is 6.31. The molecule has 9 heteroatoms. The van der Waals surface area contributed by atoms with E-state index >= 15 is 0 Å². The van der Waals surface area contributed by atoms with E-state index in [1.165, 1.54) is 18.2 Å². The third-order valence-electron chi connectivity index (χ3n) is 3.19. The number of anilines is 1. The molecule has 2 rings (SSSR count). The molecule has 138 valence electrons. The van der Waals surface area contributed by atoms with E-state index in [4.69, 9.17) is 14.6 Å². The summed E-state index contributed by atoms with van der Waals surface area (Å²) in [4.78, 5) is 23.7. The van der Waals surface area contributed by atoms with Crippen LogP contribution in [0, 0.1) is 0 Å². The minimum Gasteiger partial charge on any atom is -0.492 e. The Bertz CT molecular complexity index is 911. The molecule has 2 aromatic carbocycles. The van der Waals surface area contributed by atoms with E-state index in [1.807, 2.05) is 6.92 Å². The number of rotatable bonds is 7. The van der Waals surface area contributed by atoms with Crippen LogP contribution in [-0.4, -0.2) is 33.5 Å². The summed E-state index contributed by atoms with van der Waals surface area (Å²) in [6, 6.07) is 11.9. The Morgan fingerprint density at radius 2 is 1.85 bits per heavy atom. The van der Waals surface area contributed by atoms with Gasteiger partial charge in [0.2, 0.25) is 10.0 Å². The van der Waals surface area contributed by atoms with Crippen LogP contribution < -0.4 is 15.2 Å². The molecule has 0 aromatic heterocycles. The normalized spacial score (nSPS) is 10.8. The highest BCUT2D eigenvalue weighted by molar-refractivity contribution is 7.89. The van der Waals surface area contributed by atoms with E-state index in [1.54, 1.807) is 24.3 Å². The Balaban J connectivity index is 1.99. The Labute approximate surface area is 151 Å². The lowest BCUT2D eigenvalue weighted by molar-refractivity contribution is -0.119. The zero-order chi connectivity index (χ0) is 19.2. The predicted molar refractivity (Wildman–Crippen MR) is 94.3 cm³/mol. The molecule has 0 saturated heterocycles. The molecule has 0 unspecified atom stereocenters. The number of hydrogen-bond donors (Lipinski definition) is 2. The summed E-state index contributed by atoms with van der Waals surface area (Å²) in [5.74, 6) is -0.910. The second-order valence-electron chi connectivity index (χ2n) is 5.13. The summed E-state index contributed by atoms with van der Waals surface area (Å²) in [5, 5.41) is 7.60. The van der Waals surface area contributed by atoms with Crippen LogP contribution in [0.25, 0.3) is 0 Å². The zero-order valence-electron chi connectivity index (χ0n) is 14.0. The van der Waals surface area contributed by atoms with Gasteiger partial charge in [-0.05, 0) is 37.3 Å². The number of sulfonamides is 1. The fraction of sp³-hybridized carbons (Fsp3) is 0.176. The Morgan fingerprint density at radius 1 is 1.12 bits per heavy atom. The number of ether oxygens (including phenoxy) is 2. The predicted octanol–water partition coefficient (Wildman–Crippen LogP) is 1.53. The van der Waals surface area contributed by atoms with Crippen molar-refractivity contribution in [3.05, 3.63) is 54.1 Å². The van der Waals surface area contributed by atoms with E-state index in [9.17, 15) is 18.0 Å². The molecule has 0 saturated carbocycles. The van der Waals surface area contributed by atoms with E-state index in [-0.39, 0.29) is 10.5 Å². The number of primary sulfonamides is 1. The second kappa shape index (κ2) is 8.45. The Morgan fingerprint density at radius 3 is 2.54 bits per heavy atom. The monoisotopic (exact) mass is 378 g/mol. The van der Waals surface area contributed by atoms with Crippen molar-refractivity contribution < 1.29 is 27.5 Å². The minimum atomic E-state index is -3.94. The third kappa shape index (κ3) is 5.30. The highest BCUT2D eigenvalue weighted by Gasteiger charge is 2.15. The fourth-order valence-corrected chi connectivity index (χ4v) is 2.61. The van der Waals surface area contributed by atoms with Gasteiger partial charge in [0, 0.05) is 0 Å². The van der Waals surface area contributed by atoms with Crippen molar-refractivity contribution in [1.82, 2.24) is 0 Å². The average Bonchev–Trinajstić information content (AvgIpc) is 2.61. The van der Waals surface area contributed by atoms with Crippen molar-refractivity contribution in [3.8, 4) is 5.75 Å². The number of amides is 1. The average molecular weight is 378 g/mol. The molecule has 0 bridgehead atoms. The minimum absolute atomic E-state index is 0.0287. The van der Waals surface area contributed by atoms with Gasteiger partial charge in [-0.3, -0.25) is 4.79 Å². The van der Waals surface area contributed by atoms with Gasteiger partial charge < -0.3 is 14.8 Å². The zero-order valence-corrected chi connectivity index (χ0v) is 14.8. The van der Waals surface area contributed by atoms with Crippen LogP contribution in [-0.2, 0) is 19.6 Å². The summed E-state index contributed by atoms with van der Waals surface area (Å²) < 4.78 is 32.9. The molecule has 2 aromatic rings. The molecule has 0 aliphatic rings. The van der Waals surface area contributed by atoms with Gasteiger partial charge in [0.05, 0.1) is 22.8 Å². The summed E-state index contributed by atoms with van der Waals surface area (Å²) in [5.41, 5.74) is 0.422. The number of nitrogens with one attached hydrogen (secondary N) is 1. The lowest BCUT2D eigenvalue weighted by atomic mass is 10.2. The van der Waals surface area contributed by atoms with Crippen LogP contribution in [0.15, 0.2) is 53.4 Å². The standard InChI is InChI=1S/C17H18N2O6S/c1-2-24-15-9-4-3-8-14(15)19-16(20)11-25-17(21)12-6-5-7-13(10-12)26(18,22)23/h3-10H,2,11H2,1H3,(H,19,20)(H2,18,22,23). The van der Waals surface area contributed by atoms with Crippen molar-refractivity contribution in [1.29, 1.82) is 0 Å². The fourth-order valence-electron chi connectivity index (χ4n) is 2.05. The van der Waals surface area contributed by atoms with Crippen LogP contribution in [0.3, 0.4) is 0 Å². The molecule has 0 radical (unpaired) electrons. The number of nitrogens with two attached hydrogens (primary N) is 1. The number of benzene rings is 2. The molecule has 8 nitrogen and oxygen atoms in total. The first-order valence-corrected chi connectivity index (χ1v) is 9.17. The van der Waals surface area contributed by atoms with Crippen LogP contribution in [0.2, 0.25) is 0 Å². The molecule has 0 fully saturated rings. The number of para-hydroxylation sites is 2. The summed E-state index contributed by atoms with van der Waals surface area (Å²) in [6.07, 6.45) is 0. The maximum absolute atomic E-state index is 12.0. The molecule has 0 heterocycles. The molecule has 0 atom stereocenters. The van der Waals surface area contributed by atoms with Crippen LogP contribution in [0.5, 0.6) is 5.75 Å². The first-order chi connectivity index (χ1) is 12.3. The van der Waals surface area contributed by atoms with Gasteiger partial charge in [-0.25, -0.2) is 18.4 Å². The second-order valence-corrected chi connectivity index (χ2v) is 6.69. The molecule has 0 aliphatic carbocycles. The molecular weight excluding hydrogens is 360 g/mol. The smallest absolute Gasteiger partial charge is 0.338 e. The maximum Gasteiger partial charge on any atom is 0.338 e. The van der Waals surface area contributed by atoms with E-state index in [2.05, 4.69) is 5.32 Å². The van der Waals surface area contributed by atoms with Crippen molar-refractivity contribution in [2.45, 2.75) is 11.8 Å². The SMILES string of the molecule is CCOc1ccccc1NC(=O)COC(=O)c1cccc(S(N)(=O)=O)c1. The highest BCUT2D eigenvalue weighted by Crippen LogP contribution is 2.23. The molecule has 1 amide bonds. The summed E-state index contributed by atoms with van der Waals surface area (Å²) >= 11 is 0. The van der Waals surface area contributed by atoms with Crippen molar-refractivity contribution in [3.63, 3.8) is 0 Å². The first-order valence-electron chi connectivity index (χ1n) is 7.63. The van der Waals surface area contributed by atoms with Gasteiger partial charge in [-0.1, -0.05) is 18.2 Å². The van der Waals surface area contributed by atoms with E-state index in [0.717, 1.165) is 6.07 Å². The topological polar surface area (TPSA) is 125 Å². The quantitative estimate of drug-likeness (QED) is 0.704. The van der Waals surface area contributed by atoms with Gasteiger partial charge >= 0.3 is 5.97 Å². The molecule has 0 spiro atoms. The number of carbonyl (C=O) groups excluding carboxylic acids is 2. The van der Waals surface area contributed by atoms with Gasteiger partial charge in [-0.2, -0.15) is 0 Å². The summed E-state index contributed by atoms with van der Waals surface area (Å²) in [7, 11) is -3.94. The Hall–Kier alpha value is -2.91. The number of carbonyl (C=O) groups is 2. The van der Waals surface area contributed by atoms with E-state index in [0.29, 0.717) is 18.0 Å². The third-order valence-corrected chi connectivity index (χ3v) is 4.10. The van der Waals surface area contributed by atoms with Crippen LogP contribution in [0.1, 0.15) is 17.3 Å². The molecule has 3 N–H and O–H groups in total. The van der Waals surface area contributed by atoms with E-state index < -0.39 is 28.5 Å². The lowest BCUT2D eigenvalue weighted by Crippen LogP contribution is -2.21. The first kappa shape index (κ1) is 19.4. The maximum atomic E-state index is 12.0. The largest absolute Gasteiger partial charge is 0.492 e. The number of hydrogen-bond acceptors (Lipinski definition) is 6. The molecule has 0 aliphatic heterocycles.